The quantitative estimate of drug-likeness (QED) is 0.434. The Morgan fingerprint density at radius 2 is 2.15 bits per heavy atom. The number of rotatable bonds is 7. The Kier molecular flexibility index (Phi) is 7.30. The zero-order valence-corrected chi connectivity index (χ0v) is 13.9. The van der Waals surface area contributed by atoms with Gasteiger partial charge in [0.25, 0.3) is 0 Å². The first-order chi connectivity index (χ1) is 9.48. The maximum atomic E-state index is 5.08. The van der Waals surface area contributed by atoms with Crippen LogP contribution in [0, 0.1) is 5.41 Å². The summed E-state index contributed by atoms with van der Waals surface area (Å²) in [6, 6.07) is 0. The average Bonchev–Trinajstić information content (AvgIpc) is 2.76. The Bertz CT molecular complexity index is 304. The summed E-state index contributed by atoms with van der Waals surface area (Å²) in [6.45, 7) is 10.7. The summed E-state index contributed by atoms with van der Waals surface area (Å²) in [5.74, 6) is 1.05. The molecule has 0 spiro atoms. The van der Waals surface area contributed by atoms with Crippen molar-refractivity contribution in [2.24, 2.45) is 10.4 Å². The van der Waals surface area contributed by atoms with E-state index in [-0.39, 0.29) is 0 Å². The number of likely N-dealkylation sites (N-methyl/N-ethyl adjacent to an activating group) is 1. The zero-order valence-electron chi connectivity index (χ0n) is 13.9. The summed E-state index contributed by atoms with van der Waals surface area (Å²) in [6.07, 6.45) is 2.37. The SMILES string of the molecule is CN=C(NCCCN(C)CCOC)N1CCC(C)(C)C1. The monoisotopic (exact) mass is 284 g/mol. The smallest absolute Gasteiger partial charge is 0.193 e. The molecular weight excluding hydrogens is 252 g/mol. The summed E-state index contributed by atoms with van der Waals surface area (Å²) in [7, 11) is 5.76. The number of guanidine groups is 1. The van der Waals surface area contributed by atoms with Crippen LogP contribution in [0.15, 0.2) is 4.99 Å². The first-order valence-electron chi connectivity index (χ1n) is 7.61. The van der Waals surface area contributed by atoms with E-state index in [0.29, 0.717) is 5.41 Å². The lowest BCUT2D eigenvalue weighted by Crippen LogP contribution is -2.41. The molecule has 0 aromatic carbocycles. The van der Waals surface area contributed by atoms with E-state index in [1.807, 2.05) is 7.05 Å². The molecule has 0 aliphatic carbocycles. The molecule has 1 N–H and O–H groups in total. The van der Waals surface area contributed by atoms with Gasteiger partial charge in [0.15, 0.2) is 5.96 Å². The molecule has 118 valence electrons. The first-order valence-corrected chi connectivity index (χ1v) is 7.61. The van der Waals surface area contributed by atoms with E-state index in [2.05, 4.69) is 41.0 Å². The summed E-state index contributed by atoms with van der Waals surface area (Å²) in [4.78, 5) is 9.07. The van der Waals surface area contributed by atoms with E-state index in [1.165, 1.54) is 6.42 Å². The molecule has 0 amide bonds. The molecule has 5 heteroatoms. The van der Waals surface area contributed by atoms with Crippen LogP contribution in [0.5, 0.6) is 0 Å². The zero-order chi connectivity index (χ0) is 15.0. The molecule has 1 heterocycles. The lowest BCUT2D eigenvalue weighted by molar-refractivity contribution is 0.161. The second-order valence-electron chi connectivity index (χ2n) is 6.46. The predicted molar refractivity (Wildman–Crippen MR) is 85.3 cm³/mol. The van der Waals surface area contributed by atoms with Crippen molar-refractivity contribution in [3.63, 3.8) is 0 Å². The van der Waals surface area contributed by atoms with Gasteiger partial charge in [-0.2, -0.15) is 0 Å². The molecule has 0 aromatic rings. The number of likely N-dealkylation sites (tertiary alicyclic amines) is 1. The number of hydrogen-bond acceptors (Lipinski definition) is 3. The molecule has 1 aliphatic rings. The third-order valence-electron chi connectivity index (χ3n) is 3.87. The highest BCUT2D eigenvalue weighted by atomic mass is 16.5. The molecule has 0 aromatic heterocycles. The van der Waals surface area contributed by atoms with Crippen LogP contribution in [0.25, 0.3) is 0 Å². The van der Waals surface area contributed by atoms with Crippen molar-refractivity contribution in [3.05, 3.63) is 0 Å². The first kappa shape index (κ1) is 17.2. The van der Waals surface area contributed by atoms with Gasteiger partial charge in [0.1, 0.15) is 0 Å². The van der Waals surface area contributed by atoms with Crippen molar-refractivity contribution in [2.45, 2.75) is 26.7 Å². The van der Waals surface area contributed by atoms with Crippen LogP contribution in [0.3, 0.4) is 0 Å². The van der Waals surface area contributed by atoms with Gasteiger partial charge in [-0.1, -0.05) is 13.8 Å². The van der Waals surface area contributed by atoms with Crippen molar-refractivity contribution in [1.29, 1.82) is 0 Å². The van der Waals surface area contributed by atoms with Gasteiger partial charge in [0.05, 0.1) is 6.61 Å². The van der Waals surface area contributed by atoms with Crippen molar-refractivity contribution in [1.82, 2.24) is 15.1 Å². The van der Waals surface area contributed by atoms with Crippen LogP contribution in [0.2, 0.25) is 0 Å². The number of nitrogens with zero attached hydrogens (tertiary/aromatic N) is 3. The second-order valence-corrected chi connectivity index (χ2v) is 6.46. The normalized spacial score (nSPS) is 18.9. The number of methoxy groups -OCH3 is 1. The van der Waals surface area contributed by atoms with Crippen molar-refractivity contribution in [2.75, 3.05) is 60.5 Å². The van der Waals surface area contributed by atoms with Gasteiger partial charge in [0, 0.05) is 40.3 Å². The van der Waals surface area contributed by atoms with Gasteiger partial charge in [-0.25, -0.2) is 0 Å². The molecule has 1 saturated heterocycles. The second kappa shape index (κ2) is 8.47. The highest BCUT2D eigenvalue weighted by molar-refractivity contribution is 5.80. The van der Waals surface area contributed by atoms with Gasteiger partial charge in [-0.15, -0.1) is 0 Å². The maximum absolute atomic E-state index is 5.08. The van der Waals surface area contributed by atoms with E-state index in [0.717, 1.165) is 51.7 Å². The number of aliphatic imine (C=N–C) groups is 1. The van der Waals surface area contributed by atoms with Gasteiger partial charge in [-0.3, -0.25) is 4.99 Å². The number of hydrogen-bond donors (Lipinski definition) is 1. The number of nitrogens with one attached hydrogen (secondary N) is 1. The third-order valence-corrected chi connectivity index (χ3v) is 3.87. The van der Waals surface area contributed by atoms with Crippen molar-refractivity contribution >= 4 is 5.96 Å². The minimum Gasteiger partial charge on any atom is -0.383 e. The van der Waals surface area contributed by atoms with E-state index in [4.69, 9.17) is 4.74 Å². The average molecular weight is 284 g/mol. The van der Waals surface area contributed by atoms with Crippen molar-refractivity contribution in [3.8, 4) is 0 Å². The molecule has 0 radical (unpaired) electrons. The highest BCUT2D eigenvalue weighted by Crippen LogP contribution is 2.28. The summed E-state index contributed by atoms with van der Waals surface area (Å²) in [5.41, 5.74) is 0.415. The maximum Gasteiger partial charge on any atom is 0.193 e. The van der Waals surface area contributed by atoms with E-state index in [9.17, 15) is 0 Å². The van der Waals surface area contributed by atoms with Crippen LogP contribution < -0.4 is 5.32 Å². The molecule has 20 heavy (non-hydrogen) atoms. The van der Waals surface area contributed by atoms with Gasteiger partial charge >= 0.3 is 0 Å². The minimum absolute atomic E-state index is 0.415. The largest absolute Gasteiger partial charge is 0.383 e. The summed E-state index contributed by atoms with van der Waals surface area (Å²) >= 11 is 0. The molecule has 0 saturated carbocycles. The summed E-state index contributed by atoms with van der Waals surface area (Å²) < 4.78 is 5.08. The van der Waals surface area contributed by atoms with Crippen LogP contribution in [0.4, 0.5) is 0 Å². The Labute approximate surface area is 124 Å². The Morgan fingerprint density at radius 1 is 1.40 bits per heavy atom. The highest BCUT2D eigenvalue weighted by Gasteiger charge is 2.30. The van der Waals surface area contributed by atoms with E-state index < -0.39 is 0 Å². The Hall–Kier alpha value is -0.810. The summed E-state index contributed by atoms with van der Waals surface area (Å²) in [5, 5.41) is 3.48. The van der Waals surface area contributed by atoms with Gasteiger partial charge in [-0.05, 0) is 31.8 Å². The van der Waals surface area contributed by atoms with E-state index in [1.54, 1.807) is 7.11 Å². The third kappa shape index (κ3) is 6.09. The molecule has 1 rings (SSSR count). The fourth-order valence-corrected chi connectivity index (χ4v) is 2.53. The van der Waals surface area contributed by atoms with Crippen LogP contribution >= 0.6 is 0 Å². The molecule has 1 fully saturated rings. The molecule has 1 aliphatic heterocycles. The molecule has 0 bridgehead atoms. The lowest BCUT2D eigenvalue weighted by atomic mass is 9.93. The number of ether oxygens (including phenoxy) is 1. The van der Waals surface area contributed by atoms with Gasteiger partial charge < -0.3 is 19.9 Å². The molecule has 5 nitrogen and oxygen atoms in total. The molecule has 0 atom stereocenters. The lowest BCUT2D eigenvalue weighted by Gasteiger charge is -2.24. The van der Waals surface area contributed by atoms with Crippen molar-refractivity contribution < 1.29 is 4.74 Å². The molecule has 0 unspecified atom stereocenters. The van der Waals surface area contributed by atoms with Gasteiger partial charge in [0.2, 0.25) is 0 Å². The van der Waals surface area contributed by atoms with Crippen LogP contribution in [-0.2, 0) is 4.74 Å². The fourth-order valence-electron chi connectivity index (χ4n) is 2.53. The minimum atomic E-state index is 0.415. The standard InChI is InChI=1S/C15H32N4O/c1-15(2)7-10-19(13-15)14(16-3)17-8-6-9-18(4)11-12-20-5/h6-13H2,1-5H3,(H,16,17). The van der Waals surface area contributed by atoms with Crippen LogP contribution in [-0.4, -0.2) is 76.3 Å². The Morgan fingerprint density at radius 3 is 2.70 bits per heavy atom. The fraction of sp³-hybridized carbons (Fsp3) is 0.933. The predicted octanol–water partition coefficient (Wildman–Crippen LogP) is 1.26. The topological polar surface area (TPSA) is 40.1 Å². The van der Waals surface area contributed by atoms with Crippen LogP contribution in [0.1, 0.15) is 26.7 Å². The van der Waals surface area contributed by atoms with E-state index >= 15 is 0 Å². The Balaban J connectivity index is 2.20. The molecular formula is C15H32N4O.